The SMILES string of the molecule is CCc1ccc(C(=O)C2C(c3ccc(O)c(O)c3)CN(C)C23C(=O)Nc2ccccc23)cc1. The van der Waals surface area contributed by atoms with Gasteiger partial charge in [-0.05, 0) is 42.8 Å². The number of ketones is 1. The second-order valence-electron chi connectivity index (χ2n) is 8.89. The van der Waals surface area contributed by atoms with Crippen LogP contribution in [0, 0.1) is 5.92 Å². The maximum absolute atomic E-state index is 14.1. The lowest BCUT2D eigenvalue weighted by Crippen LogP contribution is -2.51. The number of rotatable bonds is 4. The number of nitrogens with one attached hydrogen (secondary N) is 1. The quantitative estimate of drug-likeness (QED) is 0.419. The van der Waals surface area contributed by atoms with Gasteiger partial charge in [0.2, 0.25) is 5.91 Å². The van der Waals surface area contributed by atoms with E-state index in [9.17, 15) is 19.8 Å². The molecule has 5 rings (SSSR count). The fourth-order valence-electron chi connectivity index (χ4n) is 5.55. The number of anilines is 1. The number of hydrogen-bond donors (Lipinski definition) is 3. The summed E-state index contributed by atoms with van der Waals surface area (Å²) in [6.07, 6.45) is 0.871. The first kappa shape index (κ1) is 21.2. The Balaban J connectivity index is 1.70. The summed E-state index contributed by atoms with van der Waals surface area (Å²) in [4.78, 5) is 29.7. The summed E-state index contributed by atoms with van der Waals surface area (Å²) in [6.45, 7) is 2.50. The fourth-order valence-corrected chi connectivity index (χ4v) is 5.55. The van der Waals surface area contributed by atoms with Crippen LogP contribution in [0.1, 0.15) is 39.9 Å². The number of carbonyl (C=O) groups excluding carboxylic acids is 2. The van der Waals surface area contributed by atoms with E-state index in [2.05, 4.69) is 12.2 Å². The van der Waals surface area contributed by atoms with Gasteiger partial charge in [0.15, 0.2) is 17.3 Å². The molecule has 2 heterocycles. The van der Waals surface area contributed by atoms with Crippen molar-refractivity contribution in [3.05, 3.63) is 89.0 Å². The third-order valence-electron chi connectivity index (χ3n) is 7.21. The molecule has 3 aromatic rings. The average molecular weight is 443 g/mol. The van der Waals surface area contributed by atoms with Gasteiger partial charge in [0.05, 0.1) is 5.92 Å². The van der Waals surface area contributed by atoms with Crippen molar-refractivity contribution in [2.75, 3.05) is 18.9 Å². The Kier molecular flexibility index (Phi) is 4.98. The van der Waals surface area contributed by atoms with Crippen LogP contribution in [-0.2, 0) is 16.8 Å². The summed E-state index contributed by atoms with van der Waals surface area (Å²) < 4.78 is 0. The van der Waals surface area contributed by atoms with Crippen LogP contribution in [0.3, 0.4) is 0 Å². The van der Waals surface area contributed by atoms with E-state index in [1.807, 2.05) is 60.5 Å². The zero-order valence-corrected chi connectivity index (χ0v) is 18.6. The van der Waals surface area contributed by atoms with E-state index in [0.29, 0.717) is 23.4 Å². The van der Waals surface area contributed by atoms with Gasteiger partial charge in [0, 0.05) is 29.3 Å². The summed E-state index contributed by atoms with van der Waals surface area (Å²) in [7, 11) is 1.86. The molecule has 1 amide bonds. The first-order chi connectivity index (χ1) is 15.9. The maximum Gasteiger partial charge on any atom is 0.250 e. The number of phenolic OH excluding ortho intramolecular Hbond substituents is 2. The van der Waals surface area contributed by atoms with Gasteiger partial charge in [-0.25, -0.2) is 0 Å². The molecule has 3 N–H and O–H groups in total. The van der Waals surface area contributed by atoms with E-state index in [4.69, 9.17) is 0 Å². The Morgan fingerprint density at radius 2 is 1.79 bits per heavy atom. The number of nitrogens with zero attached hydrogens (tertiary/aromatic N) is 1. The predicted molar refractivity (Wildman–Crippen MR) is 126 cm³/mol. The van der Waals surface area contributed by atoms with Crippen molar-refractivity contribution in [2.24, 2.45) is 5.92 Å². The Morgan fingerprint density at radius 3 is 2.48 bits per heavy atom. The molecule has 2 aliphatic rings. The number of aryl methyl sites for hydroxylation is 1. The second kappa shape index (κ2) is 7.74. The van der Waals surface area contributed by atoms with Crippen molar-refractivity contribution in [2.45, 2.75) is 24.8 Å². The minimum Gasteiger partial charge on any atom is -0.504 e. The highest BCUT2D eigenvalue weighted by atomic mass is 16.3. The lowest BCUT2D eigenvalue weighted by molar-refractivity contribution is -0.126. The number of amides is 1. The molecule has 6 nitrogen and oxygen atoms in total. The van der Waals surface area contributed by atoms with Gasteiger partial charge in [0.1, 0.15) is 5.54 Å². The molecule has 3 unspecified atom stereocenters. The van der Waals surface area contributed by atoms with Crippen LogP contribution in [0.25, 0.3) is 0 Å². The molecule has 3 aromatic carbocycles. The molecule has 2 aliphatic heterocycles. The van der Waals surface area contributed by atoms with Gasteiger partial charge in [-0.2, -0.15) is 0 Å². The van der Waals surface area contributed by atoms with E-state index in [0.717, 1.165) is 17.5 Å². The molecule has 0 radical (unpaired) electrons. The molecule has 3 atom stereocenters. The fraction of sp³-hybridized carbons (Fsp3) is 0.259. The minimum atomic E-state index is -1.17. The van der Waals surface area contributed by atoms with Crippen molar-refractivity contribution in [1.29, 1.82) is 0 Å². The number of phenols is 2. The van der Waals surface area contributed by atoms with Crippen LogP contribution in [0.2, 0.25) is 0 Å². The number of hydrogen-bond acceptors (Lipinski definition) is 5. The van der Waals surface area contributed by atoms with Crippen molar-refractivity contribution >= 4 is 17.4 Å². The third-order valence-corrected chi connectivity index (χ3v) is 7.21. The topological polar surface area (TPSA) is 89.9 Å². The highest BCUT2D eigenvalue weighted by Gasteiger charge is 2.64. The molecule has 0 bridgehead atoms. The molecule has 6 heteroatoms. The number of carbonyl (C=O) groups is 2. The molecule has 1 spiro atoms. The van der Waals surface area contributed by atoms with Crippen molar-refractivity contribution < 1.29 is 19.8 Å². The van der Waals surface area contributed by atoms with Crippen LogP contribution in [-0.4, -0.2) is 40.4 Å². The molecule has 33 heavy (non-hydrogen) atoms. The highest BCUT2D eigenvalue weighted by molar-refractivity contribution is 6.12. The van der Waals surface area contributed by atoms with Crippen molar-refractivity contribution in [3.8, 4) is 11.5 Å². The van der Waals surface area contributed by atoms with Crippen LogP contribution in [0.4, 0.5) is 5.69 Å². The second-order valence-corrected chi connectivity index (χ2v) is 8.89. The maximum atomic E-state index is 14.1. The molecular formula is C27H26N2O4. The van der Waals surface area contributed by atoms with Gasteiger partial charge in [0.25, 0.3) is 0 Å². The number of likely N-dealkylation sites (tertiary alicyclic amines) is 1. The summed E-state index contributed by atoms with van der Waals surface area (Å²) >= 11 is 0. The molecule has 168 valence electrons. The summed E-state index contributed by atoms with van der Waals surface area (Å²) in [6, 6.07) is 19.7. The number of likely N-dealkylation sites (N-methyl/N-ethyl adjacent to an activating group) is 1. The first-order valence-electron chi connectivity index (χ1n) is 11.1. The highest BCUT2D eigenvalue weighted by Crippen LogP contribution is 2.55. The first-order valence-corrected chi connectivity index (χ1v) is 11.1. The van der Waals surface area contributed by atoms with Crippen LogP contribution < -0.4 is 5.32 Å². The largest absolute Gasteiger partial charge is 0.504 e. The monoisotopic (exact) mass is 442 g/mol. The summed E-state index contributed by atoms with van der Waals surface area (Å²) in [5.41, 5.74) is 2.71. The predicted octanol–water partition coefficient (Wildman–Crippen LogP) is 4.04. The summed E-state index contributed by atoms with van der Waals surface area (Å²) in [5.74, 6) is -1.89. The molecule has 0 aromatic heterocycles. The molecule has 0 aliphatic carbocycles. The number of fused-ring (bicyclic) bond motifs is 2. The molecular weight excluding hydrogens is 416 g/mol. The van der Waals surface area contributed by atoms with E-state index in [1.54, 1.807) is 6.07 Å². The van der Waals surface area contributed by atoms with E-state index < -0.39 is 11.5 Å². The van der Waals surface area contributed by atoms with Crippen LogP contribution in [0.15, 0.2) is 66.7 Å². The lowest BCUT2D eigenvalue weighted by atomic mass is 9.70. The van der Waals surface area contributed by atoms with E-state index in [1.165, 1.54) is 12.1 Å². The zero-order valence-electron chi connectivity index (χ0n) is 18.6. The Labute approximate surface area is 192 Å². The van der Waals surface area contributed by atoms with Crippen molar-refractivity contribution in [1.82, 2.24) is 4.90 Å². The van der Waals surface area contributed by atoms with Gasteiger partial charge in [-0.15, -0.1) is 0 Å². The zero-order chi connectivity index (χ0) is 23.3. The van der Waals surface area contributed by atoms with Gasteiger partial charge < -0.3 is 15.5 Å². The number of aromatic hydroxyl groups is 2. The van der Waals surface area contributed by atoms with E-state index >= 15 is 0 Å². The summed E-state index contributed by atoms with van der Waals surface area (Å²) in [5, 5.41) is 23.0. The van der Waals surface area contributed by atoms with Crippen LogP contribution in [0.5, 0.6) is 11.5 Å². The minimum absolute atomic E-state index is 0.119. The molecule has 1 fully saturated rings. The van der Waals surface area contributed by atoms with Gasteiger partial charge >= 0.3 is 0 Å². The Morgan fingerprint density at radius 1 is 1.06 bits per heavy atom. The number of benzene rings is 3. The van der Waals surface area contributed by atoms with Gasteiger partial charge in [-0.3, -0.25) is 14.5 Å². The molecule has 0 saturated carbocycles. The normalized spacial score (nSPS) is 24.1. The van der Waals surface area contributed by atoms with Crippen LogP contribution >= 0.6 is 0 Å². The average Bonchev–Trinajstić information content (AvgIpc) is 3.30. The third kappa shape index (κ3) is 3.05. The lowest BCUT2D eigenvalue weighted by Gasteiger charge is -2.35. The number of Topliss-reactive ketones (excluding diaryl/α,β-unsaturated/α-hetero) is 1. The van der Waals surface area contributed by atoms with E-state index in [-0.39, 0.29) is 29.1 Å². The number of para-hydroxylation sites is 1. The smallest absolute Gasteiger partial charge is 0.250 e. The van der Waals surface area contributed by atoms with Crippen molar-refractivity contribution in [3.63, 3.8) is 0 Å². The Hall–Kier alpha value is -3.64. The standard InChI is InChI=1S/C27H26N2O4/c1-3-16-8-10-17(11-9-16)25(32)24-19(18-12-13-22(30)23(31)14-18)15-29(2)27(24)20-6-4-5-7-21(20)28-26(27)33/h4-14,19,24,30-31H,3,15H2,1-2H3,(H,28,33). The van der Waals surface area contributed by atoms with Gasteiger partial charge in [-0.1, -0.05) is 55.5 Å². The Bertz CT molecular complexity index is 1250. The molecule has 1 saturated heterocycles.